The average Bonchev–Trinajstić information content (AvgIpc) is 3.16. The van der Waals surface area contributed by atoms with Crippen molar-refractivity contribution in [2.24, 2.45) is 11.7 Å². The van der Waals surface area contributed by atoms with Gasteiger partial charge in [-0.3, -0.25) is 4.79 Å². The van der Waals surface area contributed by atoms with E-state index in [2.05, 4.69) is 5.32 Å². The van der Waals surface area contributed by atoms with Crippen molar-refractivity contribution >= 4 is 23.2 Å². The van der Waals surface area contributed by atoms with Gasteiger partial charge in [0.05, 0.1) is 11.1 Å². The topological polar surface area (TPSA) is 64.3 Å². The molecule has 0 radical (unpaired) electrons. The highest BCUT2D eigenvalue weighted by Crippen LogP contribution is 2.33. The van der Waals surface area contributed by atoms with E-state index < -0.39 is 0 Å². The number of ether oxygens (including phenoxy) is 1. The standard InChI is InChI=1S/C15H21ClN2O2/c1-9(2)20-14-6-5-11(7-12(14)16)18-15(19)8-13(17)10-3-4-10/h5-7,9-10,13H,3-4,8,17H2,1-2H3,(H,18,19). The molecule has 1 fully saturated rings. The molecule has 1 atom stereocenters. The van der Waals surface area contributed by atoms with Crippen LogP contribution in [0.25, 0.3) is 0 Å². The van der Waals surface area contributed by atoms with Gasteiger partial charge >= 0.3 is 0 Å². The molecular weight excluding hydrogens is 276 g/mol. The molecule has 20 heavy (non-hydrogen) atoms. The summed E-state index contributed by atoms with van der Waals surface area (Å²) in [6, 6.07) is 5.21. The van der Waals surface area contributed by atoms with Gasteiger partial charge in [0, 0.05) is 18.2 Å². The predicted octanol–water partition coefficient (Wildman–Crippen LogP) is 3.19. The monoisotopic (exact) mass is 296 g/mol. The first kappa shape index (κ1) is 15.1. The fraction of sp³-hybridized carbons (Fsp3) is 0.533. The number of hydrogen-bond donors (Lipinski definition) is 2. The lowest BCUT2D eigenvalue weighted by atomic mass is 10.1. The van der Waals surface area contributed by atoms with Crippen LogP contribution in [-0.4, -0.2) is 18.1 Å². The molecular formula is C15H21ClN2O2. The van der Waals surface area contributed by atoms with Crippen LogP contribution in [0.1, 0.15) is 33.1 Å². The first-order valence-electron chi connectivity index (χ1n) is 6.97. The molecule has 1 saturated carbocycles. The van der Waals surface area contributed by atoms with Gasteiger partial charge in [-0.15, -0.1) is 0 Å². The summed E-state index contributed by atoms with van der Waals surface area (Å²) in [5, 5.41) is 3.31. The van der Waals surface area contributed by atoms with E-state index in [-0.39, 0.29) is 18.1 Å². The Morgan fingerprint density at radius 1 is 1.50 bits per heavy atom. The van der Waals surface area contributed by atoms with Gasteiger partial charge in [-0.25, -0.2) is 0 Å². The van der Waals surface area contributed by atoms with Crippen molar-refractivity contribution in [1.82, 2.24) is 0 Å². The largest absolute Gasteiger partial charge is 0.489 e. The molecule has 0 saturated heterocycles. The van der Waals surface area contributed by atoms with E-state index in [1.807, 2.05) is 13.8 Å². The second-order valence-corrected chi connectivity index (χ2v) is 5.97. The molecule has 5 heteroatoms. The van der Waals surface area contributed by atoms with Crippen LogP contribution in [0.5, 0.6) is 5.75 Å². The van der Waals surface area contributed by atoms with Crippen LogP contribution < -0.4 is 15.8 Å². The molecule has 1 unspecified atom stereocenters. The minimum absolute atomic E-state index is 0.0333. The fourth-order valence-electron chi connectivity index (χ4n) is 2.05. The van der Waals surface area contributed by atoms with E-state index in [4.69, 9.17) is 22.1 Å². The summed E-state index contributed by atoms with van der Waals surface area (Å²) in [5.41, 5.74) is 6.60. The van der Waals surface area contributed by atoms with Gasteiger partial charge in [0.25, 0.3) is 0 Å². The van der Waals surface area contributed by atoms with Crippen molar-refractivity contribution in [3.05, 3.63) is 23.2 Å². The zero-order valence-corrected chi connectivity index (χ0v) is 12.6. The zero-order valence-electron chi connectivity index (χ0n) is 11.9. The summed E-state index contributed by atoms with van der Waals surface area (Å²) in [6.45, 7) is 3.87. The first-order valence-corrected chi connectivity index (χ1v) is 7.35. The lowest BCUT2D eigenvalue weighted by Crippen LogP contribution is -2.28. The lowest BCUT2D eigenvalue weighted by Gasteiger charge is -2.13. The zero-order chi connectivity index (χ0) is 14.7. The molecule has 1 aliphatic carbocycles. The molecule has 1 amide bonds. The quantitative estimate of drug-likeness (QED) is 0.847. The molecule has 3 N–H and O–H groups in total. The minimum atomic E-state index is -0.0713. The van der Waals surface area contributed by atoms with E-state index in [9.17, 15) is 4.79 Å². The molecule has 0 aromatic heterocycles. The number of benzene rings is 1. The van der Waals surface area contributed by atoms with Gasteiger partial charge in [0.15, 0.2) is 0 Å². The third-order valence-corrected chi connectivity index (χ3v) is 3.52. The van der Waals surface area contributed by atoms with E-state index in [1.165, 1.54) is 0 Å². The number of anilines is 1. The smallest absolute Gasteiger partial charge is 0.225 e. The molecule has 0 bridgehead atoms. The maximum Gasteiger partial charge on any atom is 0.225 e. The molecule has 0 spiro atoms. The molecule has 1 aromatic rings. The Labute approximate surface area is 124 Å². The van der Waals surface area contributed by atoms with Crippen LogP contribution in [0.4, 0.5) is 5.69 Å². The normalized spacial score (nSPS) is 16.1. The van der Waals surface area contributed by atoms with Gasteiger partial charge in [-0.05, 0) is 50.8 Å². The van der Waals surface area contributed by atoms with Gasteiger partial charge in [-0.1, -0.05) is 11.6 Å². The summed E-state index contributed by atoms with van der Waals surface area (Å²) in [7, 11) is 0. The number of amides is 1. The van der Waals surface area contributed by atoms with Crippen LogP contribution in [0, 0.1) is 5.92 Å². The SMILES string of the molecule is CC(C)Oc1ccc(NC(=O)CC(N)C2CC2)cc1Cl. The summed E-state index contributed by atoms with van der Waals surface area (Å²) >= 11 is 6.12. The van der Waals surface area contributed by atoms with Gasteiger partial charge in [0.2, 0.25) is 5.91 Å². The summed E-state index contributed by atoms with van der Waals surface area (Å²) in [6.07, 6.45) is 2.69. The van der Waals surface area contributed by atoms with Crippen molar-refractivity contribution in [2.75, 3.05) is 5.32 Å². The molecule has 4 nitrogen and oxygen atoms in total. The van der Waals surface area contributed by atoms with E-state index in [0.717, 1.165) is 12.8 Å². The van der Waals surface area contributed by atoms with Crippen LogP contribution >= 0.6 is 11.6 Å². The van der Waals surface area contributed by atoms with Gasteiger partial charge in [-0.2, -0.15) is 0 Å². The molecule has 1 aromatic carbocycles. The van der Waals surface area contributed by atoms with Crippen LogP contribution in [0.2, 0.25) is 5.02 Å². The van der Waals surface area contributed by atoms with E-state index in [1.54, 1.807) is 18.2 Å². The van der Waals surface area contributed by atoms with E-state index in [0.29, 0.717) is 28.8 Å². The number of halogens is 1. The first-order chi connectivity index (χ1) is 9.45. The van der Waals surface area contributed by atoms with Crippen molar-refractivity contribution in [2.45, 2.75) is 45.3 Å². The number of nitrogens with one attached hydrogen (secondary N) is 1. The van der Waals surface area contributed by atoms with E-state index >= 15 is 0 Å². The maximum absolute atomic E-state index is 11.9. The van der Waals surface area contributed by atoms with Crippen molar-refractivity contribution < 1.29 is 9.53 Å². The number of carbonyl (C=O) groups is 1. The summed E-state index contributed by atoms with van der Waals surface area (Å²) < 4.78 is 5.54. The average molecular weight is 297 g/mol. The highest BCUT2D eigenvalue weighted by molar-refractivity contribution is 6.32. The number of carbonyl (C=O) groups excluding carboxylic acids is 1. The number of hydrogen-bond acceptors (Lipinski definition) is 3. The van der Waals surface area contributed by atoms with Crippen LogP contribution in [-0.2, 0) is 4.79 Å². The lowest BCUT2D eigenvalue weighted by molar-refractivity contribution is -0.116. The van der Waals surface area contributed by atoms with Crippen LogP contribution in [0.15, 0.2) is 18.2 Å². The van der Waals surface area contributed by atoms with Gasteiger partial charge in [0.1, 0.15) is 5.75 Å². The third kappa shape index (κ3) is 4.39. The Kier molecular flexibility index (Phi) is 4.89. The minimum Gasteiger partial charge on any atom is -0.489 e. The molecule has 1 aliphatic rings. The predicted molar refractivity (Wildman–Crippen MR) is 81.2 cm³/mol. The highest BCUT2D eigenvalue weighted by Gasteiger charge is 2.29. The number of nitrogens with two attached hydrogens (primary N) is 1. The molecule has 0 heterocycles. The van der Waals surface area contributed by atoms with Crippen molar-refractivity contribution in [3.8, 4) is 5.75 Å². The Bertz CT molecular complexity index is 487. The Morgan fingerprint density at radius 2 is 2.20 bits per heavy atom. The summed E-state index contributed by atoms with van der Waals surface area (Å²) in [4.78, 5) is 11.9. The van der Waals surface area contributed by atoms with Crippen molar-refractivity contribution in [3.63, 3.8) is 0 Å². The Hall–Kier alpha value is -1.26. The second-order valence-electron chi connectivity index (χ2n) is 5.57. The summed E-state index contributed by atoms with van der Waals surface area (Å²) in [5.74, 6) is 1.07. The Balaban J connectivity index is 1.92. The Morgan fingerprint density at radius 3 is 2.75 bits per heavy atom. The second kappa shape index (κ2) is 6.46. The third-order valence-electron chi connectivity index (χ3n) is 3.23. The molecule has 0 aliphatic heterocycles. The number of rotatable bonds is 6. The molecule has 2 rings (SSSR count). The molecule has 110 valence electrons. The highest BCUT2D eigenvalue weighted by atomic mass is 35.5. The van der Waals surface area contributed by atoms with Gasteiger partial charge < -0.3 is 15.8 Å². The fourth-order valence-corrected chi connectivity index (χ4v) is 2.27. The van der Waals surface area contributed by atoms with Crippen molar-refractivity contribution in [1.29, 1.82) is 0 Å². The van der Waals surface area contributed by atoms with Crippen LogP contribution in [0.3, 0.4) is 0 Å². The maximum atomic E-state index is 11.9.